The molecule has 0 bridgehead atoms. The van der Waals surface area contributed by atoms with Gasteiger partial charge in [-0.1, -0.05) is 166 Å². The van der Waals surface area contributed by atoms with Crippen LogP contribution < -0.4 is 25.5 Å². The van der Waals surface area contributed by atoms with Crippen molar-refractivity contribution >= 4 is 78.1 Å². The Morgan fingerprint density at radius 3 is 1.70 bits per heavy atom. The highest BCUT2D eigenvalue weighted by Gasteiger charge is 2.50. The normalized spacial score (nSPS) is 18.3. The molecule has 2 aromatic heterocycles. The van der Waals surface area contributed by atoms with Gasteiger partial charge in [-0.05, 0) is 162 Å². The average molecular weight is 928 g/mol. The first kappa shape index (κ1) is 46.3. The maximum atomic E-state index is 5.78. The Bertz CT molecular complexity index is 3300. The van der Waals surface area contributed by atoms with Crippen LogP contribution in [-0.4, -0.2) is 11.7 Å². The summed E-state index contributed by atoms with van der Waals surface area (Å²) in [5.41, 5.74) is 22.5. The van der Waals surface area contributed by atoms with Crippen molar-refractivity contribution in [2.24, 2.45) is 0 Å². The molecule has 0 fully saturated rings. The van der Waals surface area contributed by atoms with E-state index >= 15 is 0 Å². The fourth-order valence-corrected chi connectivity index (χ4v) is 14.9. The van der Waals surface area contributed by atoms with E-state index in [0.29, 0.717) is 0 Å². The van der Waals surface area contributed by atoms with E-state index in [9.17, 15) is 0 Å². The Kier molecular flexibility index (Phi) is 9.72. The Labute approximate surface area is 418 Å². The molecule has 0 N–H and O–H groups in total. The van der Waals surface area contributed by atoms with E-state index in [1.54, 1.807) is 0 Å². The number of hydrogen-bond acceptors (Lipinski definition) is 4. The number of nitrogens with zero attached hydrogens (tertiary/aromatic N) is 3. The van der Waals surface area contributed by atoms with Gasteiger partial charge in [0, 0.05) is 43.2 Å². The van der Waals surface area contributed by atoms with Crippen LogP contribution in [0.5, 0.6) is 0 Å². The number of rotatable bonds is 3. The molecule has 0 unspecified atom stereocenters. The molecule has 2 aliphatic heterocycles. The summed E-state index contributed by atoms with van der Waals surface area (Å²) in [4.78, 5) is 11.0. The topological polar surface area (TPSA) is 19.4 Å². The lowest BCUT2D eigenvalue weighted by Crippen LogP contribution is -2.61. The SMILES string of the molecule is Cc1cc2c3c(n1)N(c1ccc(C(C)(C)C)cc1-c1ccc(C(C)(C)C)cc1)c1cc4c(cc1B3c1sc3ccc(C(C)(C)C)cc3c1N2c1ccc2c(c1)C(C)(C)CC2(C)C)C(C)(C)CC4(C)C. The van der Waals surface area contributed by atoms with Crippen LogP contribution in [0.25, 0.3) is 21.2 Å². The Morgan fingerprint density at radius 1 is 0.522 bits per heavy atom. The van der Waals surface area contributed by atoms with Gasteiger partial charge in [-0.2, -0.15) is 0 Å². The number of aromatic nitrogens is 1. The van der Waals surface area contributed by atoms with Gasteiger partial charge < -0.3 is 4.90 Å². The highest BCUT2D eigenvalue weighted by atomic mass is 32.1. The second-order valence-corrected chi connectivity index (χ2v) is 28.4. The predicted molar refractivity (Wildman–Crippen MR) is 301 cm³/mol. The zero-order chi connectivity index (χ0) is 49.5. The van der Waals surface area contributed by atoms with Crippen molar-refractivity contribution in [3.63, 3.8) is 0 Å². The monoisotopic (exact) mass is 928 g/mol. The number of hydrogen-bond donors (Lipinski definition) is 0. The quantitative estimate of drug-likeness (QED) is 0.165. The summed E-state index contributed by atoms with van der Waals surface area (Å²) >= 11 is 2.00. The molecule has 0 radical (unpaired) electrons. The maximum Gasteiger partial charge on any atom is 0.266 e. The van der Waals surface area contributed by atoms with Crippen molar-refractivity contribution in [2.45, 2.75) is 175 Å². The number of aryl methyl sites for hydroxylation is 1. The van der Waals surface area contributed by atoms with Crippen LogP contribution in [0.3, 0.4) is 0 Å². The Balaban J connectivity index is 1.27. The number of thiophene rings is 1. The van der Waals surface area contributed by atoms with Crippen LogP contribution >= 0.6 is 11.3 Å². The summed E-state index contributed by atoms with van der Waals surface area (Å²) in [6.07, 6.45) is 2.23. The molecule has 69 heavy (non-hydrogen) atoms. The standard InChI is InChI=1S/C64H74BN3S/c1-37-29-52-54-57(66-37)68(50-27-23-40(59(5,6)7)30-43(50)38-19-21-39(22-20-38)58(2,3)4)51-34-48-47(63(15,16)36-64(48,17)18)33-49(51)65(54)56-55(44-31-41(60(8,9)10)24-28-53(44)69-56)67(52)42-25-26-45-46(32-42)62(13,14)35-61(45,11)12/h19-34H,35-36H2,1-18H3. The molecule has 0 saturated heterocycles. The molecule has 0 saturated carbocycles. The summed E-state index contributed by atoms with van der Waals surface area (Å²) < 4.78 is 2.75. The van der Waals surface area contributed by atoms with E-state index in [4.69, 9.17) is 4.98 Å². The van der Waals surface area contributed by atoms with E-state index in [1.807, 2.05) is 11.3 Å². The summed E-state index contributed by atoms with van der Waals surface area (Å²) in [5, 5.41) is 1.34. The zero-order valence-electron chi connectivity index (χ0n) is 45.0. The van der Waals surface area contributed by atoms with Gasteiger partial charge in [-0.25, -0.2) is 4.98 Å². The molecule has 4 heterocycles. The maximum absolute atomic E-state index is 5.78. The highest BCUT2D eigenvalue weighted by molar-refractivity contribution is 7.33. The first-order chi connectivity index (χ1) is 32.0. The highest BCUT2D eigenvalue weighted by Crippen LogP contribution is 2.56. The molecule has 11 rings (SSSR count). The van der Waals surface area contributed by atoms with E-state index < -0.39 is 0 Å². The van der Waals surface area contributed by atoms with Crippen molar-refractivity contribution in [3.05, 3.63) is 142 Å². The van der Waals surface area contributed by atoms with Crippen LogP contribution in [0.2, 0.25) is 0 Å². The molecule has 3 nitrogen and oxygen atoms in total. The summed E-state index contributed by atoms with van der Waals surface area (Å²) in [6.45, 7) is 42.8. The lowest BCUT2D eigenvalue weighted by atomic mass is 9.36. The molecule has 0 spiro atoms. The molecule has 4 aliphatic rings. The minimum absolute atomic E-state index is 0.00145. The van der Waals surface area contributed by atoms with Gasteiger partial charge >= 0.3 is 0 Å². The smallest absolute Gasteiger partial charge is 0.266 e. The van der Waals surface area contributed by atoms with E-state index in [-0.39, 0.29) is 44.6 Å². The van der Waals surface area contributed by atoms with Crippen molar-refractivity contribution in [1.82, 2.24) is 4.98 Å². The predicted octanol–water partition coefficient (Wildman–Crippen LogP) is 16.2. The van der Waals surface area contributed by atoms with Gasteiger partial charge in [0.25, 0.3) is 6.71 Å². The number of fused-ring (bicyclic) bond motifs is 8. The largest absolute Gasteiger partial charge is 0.310 e. The van der Waals surface area contributed by atoms with Crippen LogP contribution in [0.4, 0.5) is 34.3 Å². The van der Waals surface area contributed by atoms with Crippen molar-refractivity contribution in [1.29, 1.82) is 0 Å². The minimum atomic E-state index is -0.0364. The fourth-order valence-electron chi connectivity index (χ4n) is 13.6. The molecule has 5 heteroatoms. The van der Waals surface area contributed by atoms with Gasteiger partial charge in [0.1, 0.15) is 5.82 Å². The van der Waals surface area contributed by atoms with Crippen molar-refractivity contribution < 1.29 is 0 Å². The molecule has 0 atom stereocenters. The molecular weight excluding hydrogens is 854 g/mol. The summed E-state index contributed by atoms with van der Waals surface area (Å²) in [6, 6.07) is 39.1. The molecule has 7 aromatic rings. The lowest BCUT2D eigenvalue weighted by Gasteiger charge is -2.43. The van der Waals surface area contributed by atoms with E-state index in [1.165, 1.54) is 104 Å². The van der Waals surface area contributed by atoms with Crippen LogP contribution in [0, 0.1) is 6.92 Å². The van der Waals surface area contributed by atoms with Crippen LogP contribution in [0.15, 0.2) is 97.1 Å². The van der Waals surface area contributed by atoms with Gasteiger partial charge in [0.2, 0.25) is 0 Å². The summed E-state index contributed by atoms with van der Waals surface area (Å²) in [5.74, 6) is 1.04. The van der Waals surface area contributed by atoms with E-state index in [2.05, 4.69) is 231 Å². The van der Waals surface area contributed by atoms with Crippen LogP contribution in [-0.2, 0) is 37.9 Å². The molecular formula is C64H74BN3S. The number of benzene rings is 5. The zero-order valence-corrected chi connectivity index (χ0v) is 45.8. The van der Waals surface area contributed by atoms with Gasteiger partial charge in [0.05, 0.1) is 11.4 Å². The third kappa shape index (κ3) is 7.04. The molecule has 0 amide bonds. The van der Waals surface area contributed by atoms with Gasteiger partial charge in [-0.3, -0.25) is 4.90 Å². The van der Waals surface area contributed by atoms with Crippen LogP contribution in [0.1, 0.15) is 175 Å². The second kappa shape index (κ2) is 14.5. The van der Waals surface area contributed by atoms with E-state index in [0.717, 1.165) is 24.4 Å². The first-order valence-corrected chi connectivity index (χ1v) is 26.6. The first-order valence-electron chi connectivity index (χ1n) is 25.7. The Hall–Kier alpha value is -5.13. The van der Waals surface area contributed by atoms with Gasteiger partial charge in [-0.15, -0.1) is 11.3 Å². The van der Waals surface area contributed by atoms with Crippen molar-refractivity contribution in [3.8, 4) is 11.1 Å². The third-order valence-electron chi connectivity index (χ3n) is 16.8. The second-order valence-electron chi connectivity index (χ2n) is 27.3. The average Bonchev–Trinajstić information content (AvgIpc) is 3.77. The number of pyridine rings is 1. The summed E-state index contributed by atoms with van der Waals surface area (Å²) in [7, 11) is 0. The van der Waals surface area contributed by atoms with Gasteiger partial charge in [0.15, 0.2) is 0 Å². The molecule has 5 aromatic carbocycles. The number of anilines is 6. The third-order valence-corrected chi connectivity index (χ3v) is 18.0. The molecule has 2 aliphatic carbocycles. The minimum Gasteiger partial charge on any atom is -0.310 e. The Morgan fingerprint density at radius 2 is 1.07 bits per heavy atom. The lowest BCUT2D eigenvalue weighted by molar-refractivity contribution is 0.403. The fraction of sp³-hybridized carbons (Fsp3) is 0.422. The van der Waals surface area contributed by atoms with Crippen molar-refractivity contribution in [2.75, 3.05) is 9.80 Å². The molecule has 354 valence electrons.